The summed E-state index contributed by atoms with van der Waals surface area (Å²) in [5, 5.41) is 4.90. The Morgan fingerprint density at radius 3 is 2.26 bits per heavy atom. The van der Waals surface area contributed by atoms with Crippen LogP contribution in [0.2, 0.25) is 0 Å². The molecule has 0 aliphatic carbocycles. The molecule has 0 saturated heterocycles. The Labute approximate surface area is 125 Å². The second-order valence-electron chi connectivity index (χ2n) is 4.02. The lowest BCUT2D eigenvalue weighted by Crippen LogP contribution is -2.39. The second-order valence-corrected chi connectivity index (χ2v) is 5.46. The van der Waals surface area contributed by atoms with Crippen LogP contribution in [0.1, 0.15) is 11.1 Å². The molecule has 0 saturated carbocycles. The van der Waals surface area contributed by atoms with E-state index in [-0.39, 0.29) is 11.5 Å². The minimum Gasteiger partial charge on any atom is -0.392 e. The first kappa shape index (κ1) is 15.6. The maximum atomic E-state index is 11.7. The normalized spacial score (nSPS) is 9.84. The predicted molar refractivity (Wildman–Crippen MR) is 82.0 cm³/mol. The van der Waals surface area contributed by atoms with Crippen molar-refractivity contribution in [2.24, 2.45) is 5.73 Å². The van der Waals surface area contributed by atoms with Crippen LogP contribution < -0.4 is 16.4 Å². The highest BCUT2D eigenvalue weighted by Gasteiger charge is 2.15. The smallest absolute Gasteiger partial charge is 0.313 e. The molecule has 1 aromatic rings. The number of hydrogen-bond acceptors (Lipinski definition) is 3. The number of thiocarbonyl (C=S) groups is 1. The predicted octanol–water partition coefficient (Wildman–Crippen LogP) is 1.41. The molecular weight excluding hydrogens is 330 g/mol. The molecule has 19 heavy (non-hydrogen) atoms. The summed E-state index contributed by atoms with van der Waals surface area (Å²) < 4.78 is 0.915. The van der Waals surface area contributed by atoms with Gasteiger partial charge in [0, 0.05) is 10.2 Å². The summed E-state index contributed by atoms with van der Waals surface area (Å²) in [6, 6.07) is 3.71. The first-order valence-electron chi connectivity index (χ1n) is 5.45. The van der Waals surface area contributed by atoms with Crippen LogP contribution in [0.4, 0.5) is 5.69 Å². The van der Waals surface area contributed by atoms with E-state index in [1.54, 1.807) is 0 Å². The minimum atomic E-state index is -0.769. The van der Waals surface area contributed by atoms with E-state index in [0.29, 0.717) is 5.69 Å². The van der Waals surface area contributed by atoms with Gasteiger partial charge < -0.3 is 16.4 Å². The van der Waals surface area contributed by atoms with Gasteiger partial charge in [-0.2, -0.15) is 0 Å². The molecule has 102 valence electrons. The van der Waals surface area contributed by atoms with E-state index in [1.165, 1.54) is 0 Å². The van der Waals surface area contributed by atoms with Gasteiger partial charge >= 0.3 is 11.8 Å². The van der Waals surface area contributed by atoms with Crippen molar-refractivity contribution in [1.82, 2.24) is 5.32 Å². The fourth-order valence-corrected chi connectivity index (χ4v) is 2.28. The number of aryl methyl sites for hydroxylation is 2. The quantitative estimate of drug-likeness (QED) is 0.572. The molecule has 0 atom stereocenters. The molecule has 0 heterocycles. The third-order valence-corrected chi connectivity index (χ3v) is 2.97. The molecule has 4 N–H and O–H groups in total. The summed E-state index contributed by atoms with van der Waals surface area (Å²) in [5.41, 5.74) is 7.59. The zero-order chi connectivity index (χ0) is 14.6. The van der Waals surface area contributed by atoms with E-state index >= 15 is 0 Å². The highest BCUT2D eigenvalue weighted by molar-refractivity contribution is 9.10. The van der Waals surface area contributed by atoms with Crippen molar-refractivity contribution in [3.05, 3.63) is 27.7 Å². The van der Waals surface area contributed by atoms with Gasteiger partial charge in [0.15, 0.2) is 0 Å². The zero-order valence-electron chi connectivity index (χ0n) is 10.5. The number of carbonyl (C=O) groups is 2. The average Bonchev–Trinajstić information content (AvgIpc) is 2.30. The van der Waals surface area contributed by atoms with Gasteiger partial charge in [0.25, 0.3) is 0 Å². The van der Waals surface area contributed by atoms with Gasteiger partial charge in [0.2, 0.25) is 0 Å². The third-order valence-electron chi connectivity index (χ3n) is 2.37. The van der Waals surface area contributed by atoms with Crippen molar-refractivity contribution >= 4 is 50.6 Å². The van der Waals surface area contributed by atoms with Crippen molar-refractivity contribution < 1.29 is 9.59 Å². The molecule has 1 rings (SSSR count). The Morgan fingerprint density at radius 2 is 1.79 bits per heavy atom. The van der Waals surface area contributed by atoms with Crippen LogP contribution in [0.15, 0.2) is 16.6 Å². The largest absolute Gasteiger partial charge is 0.392 e. The molecule has 0 radical (unpaired) electrons. The van der Waals surface area contributed by atoms with Crippen molar-refractivity contribution in [1.29, 1.82) is 0 Å². The van der Waals surface area contributed by atoms with Crippen molar-refractivity contribution in [3.8, 4) is 0 Å². The highest BCUT2D eigenvalue weighted by Crippen LogP contribution is 2.24. The van der Waals surface area contributed by atoms with Gasteiger partial charge in [-0.25, -0.2) is 0 Å². The average molecular weight is 344 g/mol. The third kappa shape index (κ3) is 4.60. The number of nitrogens with two attached hydrogens (primary N) is 1. The Morgan fingerprint density at radius 1 is 1.26 bits per heavy atom. The molecule has 0 spiro atoms. The van der Waals surface area contributed by atoms with Gasteiger partial charge in [0.1, 0.15) is 0 Å². The first-order chi connectivity index (χ1) is 8.81. The van der Waals surface area contributed by atoms with Gasteiger partial charge in [0.05, 0.1) is 11.5 Å². The molecular formula is C12H14BrN3O2S. The monoisotopic (exact) mass is 343 g/mol. The Hall–Kier alpha value is -1.47. The topological polar surface area (TPSA) is 84.2 Å². The number of nitrogens with one attached hydrogen (secondary N) is 2. The minimum absolute atomic E-state index is 0.000110. The summed E-state index contributed by atoms with van der Waals surface area (Å²) in [6.45, 7) is 3.69. The Balaban J connectivity index is 2.77. The van der Waals surface area contributed by atoms with E-state index in [4.69, 9.17) is 5.73 Å². The van der Waals surface area contributed by atoms with Crippen LogP contribution in [0, 0.1) is 13.8 Å². The van der Waals surface area contributed by atoms with Crippen molar-refractivity contribution in [2.75, 3.05) is 11.9 Å². The van der Waals surface area contributed by atoms with Crippen LogP contribution in [0.25, 0.3) is 0 Å². The maximum absolute atomic E-state index is 11.7. The van der Waals surface area contributed by atoms with Crippen LogP contribution in [-0.2, 0) is 9.59 Å². The molecule has 5 nitrogen and oxygen atoms in total. The van der Waals surface area contributed by atoms with E-state index in [9.17, 15) is 9.59 Å². The van der Waals surface area contributed by atoms with Crippen molar-refractivity contribution in [2.45, 2.75) is 13.8 Å². The van der Waals surface area contributed by atoms with Crippen LogP contribution in [-0.4, -0.2) is 23.3 Å². The number of carbonyl (C=O) groups excluding carboxylic acids is 2. The molecule has 0 unspecified atom stereocenters. The number of halogens is 1. The summed E-state index contributed by atoms with van der Waals surface area (Å²) in [4.78, 5) is 23.3. The standard InChI is InChI=1S/C12H14BrN3O2S/c1-6-3-8(13)4-7(2)10(6)16-12(18)11(17)15-5-9(14)19/h3-4H,5H2,1-2H3,(H2,14,19)(H,15,17)(H,16,18). The lowest BCUT2D eigenvalue weighted by atomic mass is 10.1. The lowest BCUT2D eigenvalue weighted by molar-refractivity contribution is -0.135. The summed E-state index contributed by atoms with van der Waals surface area (Å²) in [6.07, 6.45) is 0. The Kier molecular flexibility index (Phi) is 5.44. The maximum Gasteiger partial charge on any atom is 0.313 e. The fourth-order valence-electron chi connectivity index (χ4n) is 1.53. The van der Waals surface area contributed by atoms with E-state index in [0.717, 1.165) is 15.6 Å². The van der Waals surface area contributed by atoms with Gasteiger partial charge in [-0.15, -0.1) is 0 Å². The molecule has 0 fully saturated rings. The molecule has 0 aromatic heterocycles. The van der Waals surface area contributed by atoms with E-state index in [2.05, 4.69) is 38.8 Å². The molecule has 0 aliphatic heterocycles. The van der Waals surface area contributed by atoms with Gasteiger partial charge in [-0.3, -0.25) is 9.59 Å². The van der Waals surface area contributed by atoms with Crippen LogP contribution in [0.5, 0.6) is 0 Å². The molecule has 2 amide bonds. The Bertz CT molecular complexity index is 523. The SMILES string of the molecule is Cc1cc(Br)cc(C)c1NC(=O)C(=O)NCC(N)=S. The molecule has 1 aromatic carbocycles. The van der Waals surface area contributed by atoms with E-state index in [1.807, 2.05) is 26.0 Å². The second kappa shape index (κ2) is 6.63. The van der Waals surface area contributed by atoms with Crippen molar-refractivity contribution in [3.63, 3.8) is 0 Å². The van der Waals surface area contributed by atoms with Gasteiger partial charge in [-0.1, -0.05) is 28.1 Å². The summed E-state index contributed by atoms with van der Waals surface area (Å²) in [7, 11) is 0. The lowest BCUT2D eigenvalue weighted by Gasteiger charge is -2.12. The summed E-state index contributed by atoms with van der Waals surface area (Å²) >= 11 is 7.98. The van der Waals surface area contributed by atoms with E-state index < -0.39 is 11.8 Å². The summed E-state index contributed by atoms with van der Waals surface area (Å²) in [5.74, 6) is -1.51. The number of anilines is 1. The first-order valence-corrected chi connectivity index (χ1v) is 6.65. The molecule has 0 aliphatic rings. The molecule has 0 bridgehead atoms. The number of amides is 2. The highest BCUT2D eigenvalue weighted by atomic mass is 79.9. The van der Waals surface area contributed by atoms with Crippen LogP contribution in [0.3, 0.4) is 0 Å². The van der Waals surface area contributed by atoms with Crippen LogP contribution >= 0.6 is 28.1 Å². The number of rotatable bonds is 3. The molecule has 7 heteroatoms. The number of hydrogen-bond donors (Lipinski definition) is 3. The number of benzene rings is 1. The zero-order valence-corrected chi connectivity index (χ0v) is 12.9. The fraction of sp³-hybridized carbons (Fsp3) is 0.250. The van der Waals surface area contributed by atoms with Gasteiger partial charge in [-0.05, 0) is 37.1 Å².